The number of rotatable bonds is 6. The van der Waals surface area contributed by atoms with Crippen LogP contribution in [0.2, 0.25) is 0 Å². The molecule has 2 heterocycles. The molecule has 1 N–H and O–H groups in total. The van der Waals surface area contributed by atoms with E-state index in [1.54, 1.807) is 11.8 Å². The molecule has 1 amide bonds. The number of aromatic nitrogens is 2. The third-order valence-electron chi connectivity index (χ3n) is 3.26. The maximum absolute atomic E-state index is 11.9. The number of hydrogen-bond acceptors (Lipinski definition) is 6. The van der Waals surface area contributed by atoms with Crippen LogP contribution in [0.25, 0.3) is 0 Å². The number of carbonyl (C=O) groups excluding carboxylic acids is 1. The first-order valence-corrected chi connectivity index (χ1v) is 9.15. The molecule has 0 aliphatic carbocycles. The Bertz CT molecular complexity index is 612. The molecule has 0 radical (unpaired) electrons. The number of nitrogens with zero attached hydrogens (tertiary/aromatic N) is 2. The van der Waals surface area contributed by atoms with Crippen molar-refractivity contribution in [1.82, 2.24) is 10.2 Å². The summed E-state index contributed by atoms with van der Waals surface area (Å²) in [4.78, 5) is 11.9. The normalized spacial score (nSPS) is 17.5. The van der Waals surface area contributed by atoms with Crippen LogP contribution in [0.15, 0.2) is 30.3 Å². The Kier molecular flexibility index (Phi) is 5.42. The lowest BCUT2D eigenvalue weighted by atomic mass is 10.2. The van der Waals surface area contributed by atoms with Gasteiger partial charge >= 0.3 is 0 Å². The fourth-order valence-electron chi connectivity index (χ4n) is 2.16. The van der Waals surface area contributed by atoms with Crippen LogP contribution in [0.5, 0.6) is 0 Å². The molecule has 7 heteroatoms. The molecule has 1 fully saturated rings. The maximum atomic E-state index is 11.9. The quantitative estimate of drug-likeness (QED) is 0.879. The molecular weight excluding hydrogens is 318 g/mol. The van der Waals surface area contributed by atoms with Gasteiger partial charge in [-0.3, -0.25) is 10.1 Å². The van der Waals surface area contributed by atoms with Gasteiger partial charge in [0, 0.05) is 18.1 Å². The van der Waals surface area contributed by atoms with E-state index in [1.807, 2.05) is 18.2 Å². The van der Waals surface area contributed by atoms with E-state index < -0.39 is 0 Å². The Morgan fingerprint density at radius 2 is 2.18 bits per heavy atom. The number of ether oxygens (including phenoxy) is 1. The third kappa shape index (κ3) is 4.28. The molecule has 22 heavy (non-hydrogen) atoms. The van der Waals surface area contributed by atoms with Crippen molar-refractivity contribution in [2.24, 2.45) is 0 Å². The average Bonchev–Trinajstić information content (AvgIpc) is 3.20. The van der Waals surface area contributed by atoms with Gasteiger partial charge in [0.05, 0.1) is 0 Å². The summed E-state index contributed by atoms with van der Waals surface area (Å²) in [5, 5.41) is 12.4. The Morgan fingerprint density at radius 1 is 1.32 bits per heavy atom. The summed E-state index contributed by atoms with van der Waals surface area (Å²) in [5.41, 5.74) is 1.30. The van der Waals surface area contributed by atoms with Crippen LogP contribution in [-0.4, -0.2) is 28.8 Å². The van der Waals surface area contributed by atoms with Crippen LogP contribution < -0.4 is 5.32 Å². The van der Waals surface area contributed by atoms with E-state index in [4.69, 9.17) is 4.74 Å². The van der Waals surface area contributed by atoms with E-state index in [9.17, 15) is 4.79 Å². The van der Waals surface area contributed by atoms with E-state index in [-0.39, 0.29) is 12.0 Å². The lowest BCUT2D eigenvalue weighted by molar-refractivity contribution is -0.124. The summed E-state index contributed by atoms with van der Waals surface area (Å²) in [6.45, 7) is 0.662. The third-order valence-corrected chi connectivity index (χ3v) is 5.29. The molecule has 5 nitrogen and oxygen atoms in total. The van der Waals surface area contributed by atoms with Crippen molar-refractivity contribution >= 4 is 34.1 Å². The van der Waals surface area contributed by atoms with Crippen molar-refractivity contribution in [2.45, 2.75) is 30.5 Å². The molecule has 1 aromatic carbocycles. The minimum Gasteiger partial charge on any atom is -0.368 e. The molecule has 3 rings (SSSR count). The number of thioether (sulfide) groups is 1. The zero-order chi connectivity index (χ0) is 15.2. The van der Waals surface area contributed by atoms with Crippen molar-refractivity contribution in [3.63, 3.8) is 0 Å². The lowest BCUT2D eigenvalue weighted by Crippen LogP contribution is -2.26. The molecular formula is C15H17N3O2S2. The highest BCUT2D eigenvalue weighted by Gasteiger charge is 2.24. The standard InChI is InChI=1S/C15H17N3O2S2/c19-14(12-7-4-8-20-12)16-15-18-17-13(22-15)10-21-9-11-5-2-1-3-6-11/h1-3,5-6,12H,4,7-10H2,(H,16,18,19)/t12-/m1/s1. The smallest absolute Gasteiger partial charge is 0.255 e. The van der Waals surface area contributed by atoms with Crippen LogP contribution in [0, 0.1) is 0 Å². The molecule has 1 aromatic heterocycles. The second-order valence-corrected chi connectivity index (χ2v) is 7.02. The largest absolute Gasteiger partial charge is 0.368 e. The fraction of sp³-hybridized carbons (Fsp3) is 0.400. The Labute approximate surface area is 137 Å². The second-order valence-electron chi connectivity index (χ2n) is 4.97. The molecule has 1 aliphatic heterocycles. The van der Waals surface area contributed by atoms with E-state index in [1.165, 1.54) is 16.9 Å². The summed E-state index contributed by atoms with van der Waals surface area (Å²) >= 11 is 3.21. The summed E-state index contributed by atoms with van der Waals surface area (Å²) < 4.78 is 5.35. The zero-order valence-corrected chi connectivity index (χ0v) is 13.7. The highest BCUT2D eigenvalue weighted by atomic mass is 32.2. The molecule has 0 spiro atoms. The van der Waals surface area contributed by atoms with Crippen LogP contribution in [0.1, 0.15) is 23.4 Å². The molecule has 0 unspecified atom stereocenters. The van der Waals surface area contributed by atoms with Gasteiger partial charge in [0.15, 0.2) is 0 Å². The van der Waals surface area contributed by atoms with Crippen LogP contribution in [0.4, 0.5) is 5.13 Å². The molecule has 0 saturated carbocycles. The van der Waals surface area contributed by atoms with Gasteiger partial charge in [-0.1, -0.05) is 41.7 Å². The van der Waals surface area contributed by atoms with Gasteiger partial charge in [-0.25, -0.2) is 0 Å². The van der Waals surface area contributed by atoms with Gasteiger partial charge in [0.1, 0.15) is 11.1 Å². The molecule has 2 aromatic rings. The number of benzene rings is 1. The Morgan fingerprint density at radius 3 is 2.95 bits per heavy atom. The highest BCUT2D eigenvalue weighted by Crippen LogP contribution is 2.23. The number of carbonyl (C=O) groups is 1. The molecule has 1 saturated heterocycles. The predicted molar refractivity (Wildman–Crippen MR) is 89.0 cm³/mol. The van der Waals surface area contributed by atoms with Gasteiger partial charge in [-0.05, 0) is 18.4 Å². The minimum absolute atomic E-state index is 0.114. The minimum atomic E-state index is -0.334. The van der Waals surface area contributed by atoms with Crippen molar-refractivity contribution in [2.75, 3.05) is 11.9 Å². The first-order valence-electron chi connectivity index (χ1n) is 7.18. The van der Waals surface area contributed by atoms with E-state index in [0.717, 1.165) is 29.4 Å². The summed E-state index contributed by atoms with van der Waals surface area (Å²) in [5.74, 6) is 1.62. The first-order chi connectivity index (χ1) is 10.8. The molecule has 1 aliphatic rings. The average molecular weight is 335 g/mol. The number of anilines is 1. The predicted octanol–water partition coefficient (Wildman–Crippen LogP) is 3.09. The van der Waals surface area contributed by atoms with E-state index >= 15 is 0 Å². The molecule has 116 valence electrons. The van der Waals surface area contributed by atoms with Crippen molar-refractivity contribution in [3.05, 3.63) is 40.9 Å². The monoisotopic (exact) mass is 335 g/mol. The number of amides is 1. The zero-order valence-electron chi connectivity index (χ0n) is 12.0. The van der Waals surface area contributed by atoms with Crippen molar-refractivity contribution in [3.8, 4) is 0 Å². The first kappa shape index (κ1) is 15.5. The Balaban J connectivity index is 1.45. The van der Waals surface area contributed by atoms with Crippen molar-refractivity contribution < 1.29 is 9.53 Å². The SMILES string of the molecule is O=C(Nc1nnc(CSCc2ccccc2)s1)[C@H]1CCCO1. The summed E-state index contributed by atoms with van der Waals surface area (Å²) in [7, 11) is 0. The topological polar surface area (TPSA) is 64.1 Å². The van der Waals surface area contributed by atoms with E-state index in [2.05, 4.69) is 27.6 Å². The van der Waals surface area contributed by atoms with Gasteiger partial charge in [0.2, 0.25) is 5.13 Å². The summed E-state index contributed by atoms with van der Waals surface area (Å²) in [6.07, 6.45) is 1.39. The second kappa shape index (κ2) is 7.71. The van der Waals surface area contributed by atoms with Crippen LogP contribution in [0.3, 0.4) is 0 Å². The molecule has 0 bridgehead atoms. The maximum Gasteiger partial charge on any atom is 0.255 e. The van der Waals surface area contributed by atoms with Gasteiger partial charge in [-0.15, -0.1) is 22.0 Å². The van der Waals surface area contributed by atoms with Gasteiger partial charge < -0.3 is 4.74 Å². The van der Waals surface area contributed by atoms with Crippen LogP contribution >= 0.6 is 23.1 Å². The van der Waals surface area contributed by atoms with E-state index in [0.29, 0.717) is 11.7 Å². The fourth-order valence-corrected chi connectivity index (χ4v) is 3.95. The number of nitrogens with one attached hydrogen (secondary N) is 1. The summed E-state index contributed by atoms with van der Waals surface area (Å²) in [6, 6.07) is 10.3. The highest BCUT2D eigenvalue weighted by molar-refractivity contribution is 7.97. The van der Waals surface area contributed by atoms with Gasteiger partial charge in [0.25, 0.3) is 5.91 Å². The van der Waals surface area contributed by atoms with Crippen molar-refractivity contribution in [1.29, 1.82) is 0 Å². The number of hydrogen-bond donors (Lipinski definition) is 1. The Hall–Kier alpha value is -1.44. The van der Waals surface area contributed by atoms with Gasteiger partial charge in [-0.2, -0.15) is 0 Å². The lowest BCUT2D eigenvalue weighted by Gasteiger charge is -2.06. The molecule has 1 atom stereocenters. The van der Waals surface area contributed by atoms with Crippen LogP contribution in [-0.2, 0) is 21.0 Å².